The molecule has 0 fully saturated rings. The van der Waals surface area contributed by atoms with Crippen molar-refractivity contribution in [3.63, 3.8) is 0 Å². The van der Waals surface area contributed by atoms with Crippen molar-refractivity contribution in [2.45, 2.75) is 13.5 Å². The second kappa shape index (κ2) is 5.80. The zero-order valence-corrected chi connectivity index (χ0v) is 11.5. The number of aromatic nitrogens is 1. The van der Waals surface area contributed by atoms with Crippen molar-refractivity contribution in [2.24, 2.45) is 0 Å². The molecule has 1 N–H and O–H groups in total. The number of methoxy groups -OCH3 is 2. The molecular weight excluding hydrogens is 242 g/mol. The molecule has 19 heavy (non-hydrogen) atoms. The lowest BCUT2D eigenvalue weighted by molar-refractivity contribution is 0.276. The van der Waals surface area contributed by atoms with Gasteiger partial charge in [-0.3, -0.25) is 0 Å². The minimum absolute atomic E-state index is 0.112. The van der Waals surface area contributed by atoms with E-state index in [-0.39, 0.29) is 6.61 Å². The molecular formula is C15H19NO3. The van der Waals surface area contributed by atoms with E-state index in [1.165, 1.54) is 0 Å². The average molecular weight is 261 g/mol. The zero-order valence-electron chi connectivity index (χ0n) is 11.5. The summed E-state index contributed by atoms with van der Waals surface area (Å²) in [6.07, 6.45) is 0. The Hall–Kier alpha value is -1.94. The second-order valence-corrected chi connectivity index (χ2v) is 4.30. The molecule has 1 aromatic heterocycles. The summed E-state index contributed by atoms with van der Waals surface area (Å²) in [5, 5.41) is 9.17. The topological polar surface area (TPSA) is 43.6 Å². The predicted molar refractivity (Wildman–Crippen MR) is 74.8 cm³/mol. The number of nitrogens with zero attached hydrogens (tertiary/aromatic N) is 1. The summed E-state index contributed by atoms with van der Waals surface area (Å²) in [6, 6.07) is 9.81. The van der Waals surface area contributed by atoms with Gasteiger partial charge in [-0.05, 0) is 31.2 Å². The fourth-order valence-electron chi connectivity index (χ4n) is 2.21. The maximum absolute atomic E-state index is 9.17. The fraction of sp³-hybridized carbons (Fsp3) is 0.333. The predicted octanol–water partition coefficient (Wildman–Crippen LogP) is 2.47. The summed E-state index contributed by atoms with van der Waals surface area (Å²) in [5.41, 5.74) is 3.14. The standard InChI is InChI=1S/C15H19NO3/c1-11-4-7-14(16(11)8-9-17)13-6-5-12(18-2)10-15(13)19-3/h4-7,10,17H,8-9H2,1-3H3. The highest BCUT2D eigenvalue weighted by Crippen LogP contribution is 2.34. The van der Waals surface area contributed by atoms with Crippen molar-refractivity contribution in [2.75, 3.05) is 20.8 Å². The summed E-state index contributed by atoms with van der Waals surface area (Å²) in [4.78, 5) is 0. The molecule has 0 unspecified atom stereocenters. The van der Waals surface area contributed by atoms with Crippen LogP contribution in [0.3, 0.4) is 0 Å². The molecule has 0 aliphatic heterocycles. The summed E-state index contributed by atoms with van der Waals surface area (Å²) in [6.45, 7) is 2.71. The van der Waals surface area contributed by atoms with E-state index in [0.717, 1.165) is 28.5 Å². The lowest BCUT2D eigenvalue weighted by Crippen LogP contribution is -2.06. The number of aliphatic hydroxyl groups is 1. The highest BCUT2D eigenvalue weighted by atomic mass is 16.5. The highest BCUT2D eigenvalue weighted by molar-refractivity contribution is 5.69. The Labute approximate surface area is 113 Å². The monoisotopic (exact) mass is 261 g/mol. The third-order valence-corrected chi connectivity index (χ3v) is 3.21. The van der Waals surface area contributed by atoms with Crippen molar-refractivity contribution in [1.29, 1.82) is 0 Å². The molecule has 1 aromatic carbocycles. The van der Waals surface area contributed by atoms with Crippen molar-refractivity contribution in [1.82, 2.24) is 4.57 Å². The number of ether oxygens (including phenoxy) is 2. The molecule has 0 saturated carbocycles. The Balaban J connectivity index is 2.52. The lowest BCUT2D eigenvalue weighted by atomic mass is 10.1. The van der Waals surface area contributed by atoms with Crippen LogP contribution in [0.25, 0.3) is 11.3 Å². The van der Waals surface area contributed by atoms with Gasteiger partial charge in [-0.1, -0.05) is 0 Å². The van der Waals surface area contributed by atoms with Gasteiger partial charge in [0, 0.05) is 23.9 Å². The van der Waals surface area contributed by atoms with Crippen LogP contribution in [0.4, 0.5) is 0 Å². The number of aliphatic hydroxyl groups excluding tert-OH is 1. The summed E-state index contributed by atoms with van der Waals surface area (Å²) >= 11 is 0. The number of benzene rings is 1. The first kappa shape index (κ1) is 13.5. The smallest absolute Gasteiger partial charge is 0.131 e. The van der Waals surface area contributed by atoms with Crippen LogP contribution in [0.15, 0.2) is 30.3 Å². The quantitative estimate of drug-likeness (QED) is 0.899. The van der Waals surface area contributed by atoms with Crippen LogP contribution in [0.5, 0.6) is 11.5 Å². The van der Waals surface area contributed by atoms with E-state index in [9.17, 15) is 5.11 Å². The van der Waals surface area contributed by atoms with Gasteiger partial charge in [0.25, 0.3) is 0 Å². The van der Waals surface area contributed by atoms with E-state index in [0.29, 0.717) is 6.54 Å². The van der Waals surface area contributed by atoms with Gasteiger partial charge in [0.1, 0.15) is 11.5 Å². The van der Waals surface area contributed by atoms with Crippen LogP contribution < -0.4 is 9.47 Å². The third kappa shape index (κ3) is 2.58. The van der Waals surface area contributed by atoms with Crippen molar-refractivity contribution >= 4 is 0 Å². The Morgan fingerprint density at radius 2 is 1.89 bits per heavy atom. The van der Waals surface area contributed by atoms with E-state index in [4.69, 9.17) is 9.47 Å². The molecule has 0 saturated heterocycles. The summed E-state index contributed by atoms with van der Waals surface area (Å²) < 4.78 is 12.7. The number of rotatable bonds is 5. The first-order valence-electron chi connectivity index (χ1n) is 6.20. The Bertz CT molecular complexity index is 561. The SMILES string of the molecule is COc1ccc(-c2ccc(C)n2CCO)c(OC)c1. The molecule has 0 atom stereocenters. The first-order chi connectivity index (χ1) is 9.21. The molecule has 0 aliphatic rings. The van der Waals surface area contributed by atoms with Crippen LogP contribution >= 0.6 is 0 Å². The summed E-state index contributed by atoms with van der Waals surface area (Å²) in [5.74, 6) is 1.52. The van der Waals surface area contributed by atoms with Crippen LogP contribution in [-0.2, 0) is 6.54 Å². The molecule has 0 aliphatic carbocycles. The van der Waals surface area contributed by atoms with Crippen LogP contribution in [0.1, 0.15) is 5.69 Å². The van der Waals surface area contributed by atoms with Crippen LogP contribution in [0, 0.1) is 6.92 Å². The Morgan fingerprint density at radius 3 is 2.53 bits per heavy atom. The molecule has 2 rings (SSSR count). The van der Waals surface area contributed by atoms with E-state index >= 15 is 0 Å². The average Bonchev–Trinajstić information content (AvgIpc) is 2.80. The van der Waals surface area contributed by atoms with E-state index in [2.05, 4.69) is 4.57 Å². The Kier molecular flexibility index (Phi) is 4.12. The van der Waals surface area contributed by atoms with Crippen molar-refractivity contribution in [3.8, 4) is 22.8 Å². The third-order valence-electron chi connectivity index (χ3n) is 3.21. The molecule has 102 valence electrons. The number of hydrogen-bond donors (Lipinski definition) is 1. The lowest BCUT2D eigenvalue weighted by Gasteiger charge is -2.14. The maximum atomic E-state index is 9.17. The van der Waals surface area contributed by atoms with E-state index < -0.39 is 0 Å². The van der Waals surface area contributed by atoms with Gasteiger partial charge in [-0.2, -0.15) is 0 Å². The van der Waals surface area contributed by atoms with E-state index in [1.54, 1.807) is 14.2 Å². The van der Waals surface area contributed by atoms with E-state index in [1.807, 2.05) is 37.3 Å². The van der Waals surface area contributed by atoms with Gasteiger partial charge in [0.15, 0.2) is 0 Å². The fourth-order valence-corrected chi connectivity index (χ4v) is 2.21. The highest BCUT2D eigenvalue weighted by Gasteiger charge is 2.12. The van der Waals surface area contributed by atoms with Gasteiger partial charge in [-0.15, -0.1) is 0 Å². The Morgan fingerprint density at radius 1 is 1.11 bits per heavy atom. The number of aryl methyl sites for hydroxylation is 1. The van der Waals surface area contributed by atoms with Crippen molar-refractivity contribution in [3.05, 3.63) is 36.0 Å². The molecule has 0 spiro atoms. The largest absolute Gasteiger partial charge is 0.497 e. The normalized spacial score (nSPS) is 10.5. The molecule has 4 heteroatoms. The maximum Gasteiger partial charge on any atom is 0.131 e. The molecule has 2 aromatic rings. The second-order valence-electron chi connectivity index (χ2n) is 4.30. The van der Waals surface area contributed by atoms with Crippen molar-refractivity contribution < 1.29 is 14.6 Å². The summed E-state index contributed by atoms with van der Waals surface area (Å²) in [7, 11) is 3.28. The molecule has 0 bridgehead atoms. The van der Waals surface area contributed by atoms with Gasteiger partial charge in [0.05, 0.1) is 26.5 Å². The zero-order chi connectivity index (χ0) is 13.8. The minimum atomic E-state index is 0.112. The molecule has 4 nitrogen and oxygen atoms in total. The van der Waals surface area contributed by atoms with Gasteiger partial charge in [-0.25, -0.2) is 0 Å². The molecule has 1 heterocycles. The molecule has 0 amide bonds. The number of hydrogen-bond acceptors (Lipinski definition) is 3. The molecule has 0 radical (unpaired) electrons. The van der Waals surface area contributed by atoms with Crippen LogP contribution in [0.2, 0.25) is 0 Å². The van der Waals surface area contributed by atoms with Gasteiger partial charge in [0.2, 0.25) is 0 Å². The van der Waals surface area contributed by atoms with Gasteiger partial charge < -0.3 is 19.1 Å². The van der Waals surface area contributed by atoms with Gasteiger partial charge >= 0.3 is 0 Å². The first-order valence-corrected chi connectivity index (χ1v) is 6.20. The minimum Gasteiger partial charge on any atom is -0.497 e. The van der Waals surface area contributed by atoms with Crippen LogP contribution in [-0.4, -0.2) is 30.5 Å².